The van der Waals surface area contributed by atoms with Gasteiger partial charge in [0.15, 0.2) is 0 Å². The Bertz CT molecular complexity index is 888. The van der Waals surface area contributed by atoms with E-state index in [1.807, 2.05) is 0 Å². The summed E-state index contributed by atoms with van der Waals surface area (Å²) in [5.74, 6) is -1.34. The summed E-state index contributed by atoms with van der Waals surface area (Å²) in [4.78, 5) is 45.5. The van der Waals surface area contributed by atoms with Crippen LogP contribution in [0.1, 0.15) is 15.9 Å². The van der Waals surface area contributed by atoms with Gasteiger partial charge < -0.3 is 11.1 Å². The molecule has 0 bridgehead atoms. The summed E-state index contributed by atoms with van der Waals surface area (Å²) in [5.41, 5.74) is 4.93. The number of rotatable bonds is 5. The average molecular weight is 330 g/mol. The highest BCUT2D eigenvalue weighted by Gasteiger charge is 2.16. The molecule has 2 aromatic rings. The van der Waals surface area contributed by atoms with Crippen LogP contribution < -0.4 is 16.6 Å². The zero-order valence-corrected chi connectivity index (χ0v) is 12.7. The molecule has 2 rings (SSSR count). The fourth-order valence-corrected chi connectivity index (χ4v) is 2.12. The van der Waals surface area contributed by atoms with Crippen molar-refractivity contribution in [2.24, 2.45) is 5.73 Å². The summed E-state index contributed by atoms with van der Waals surface area (Å²) in [7, 11) is 0. The molecular weight excluding hydrogens is 316 g/mol. The second-order valence-electron chi connectivity index (χ2n) is 5.02. The minimum atomic E-state index is -0.714. The lowest BCUT2D eigenvalue weighted by Crippen LogP contribution is -2.28. The van der Waals surface area contributed by atoms with E-state index in [9.17, 15) is 24.5 Å². The molecule has 3 N–H and O–H groups in total. The largest absolute Gasteiger partial charge is 0.366 e. The van der Waals surface area contributed by atoms with Crippen LogP contribution in [0.3, 0.4) is 0 Å². The number of aromatic nitrogens is 1. The number of hydrogen-bond acceptors (Lipinski definition) is 5. The number of nitro groups is 1. The number of nitrogens with one attached hydrogen (secondary N) is 1. The molecule has 1 aromatic heterocycles. The van der Waals surface area contributed by atoms with Crippen LogP contribution >= 0.6 is 0 Å². The summed E-state index contributed by atoms with van der Waals surface area (Å²) in [6.45, 7) is 1.00. The number of hydrogen-bond donors (Lipinski definition) is 2. The Labute approximate surface area is 135 Å². The molecule has 0 saturated heterocycles. The van der Waals surface area contributed by atoms with Gasteiger partial charge in [0, 0.05) is 11.6 Å². The molecule has 0 radical (unpaired) electrons. The van der Waals surface area contributed by atoms with Crippen molar-refractivity contribution in [2.75, 3.05) is 5.32 Å². The molecule has 9 heteroatoms. The van der Waals surface area contributed by atoms with Crippen molar-refractivity contribution < 1.29 is 14.5 Å². The number of anilines is 1. The van der Waals surface area contributed by atoms with Gasteiger partial charge in [-0.3, -0.25) is 29.1 Å². The number of pyridine rings is 1. The summed E-state index contributed by atoms with van der Waals surface area (Å²) < 4.78 is 0.924. The van der Waals surface area contributed by atoms with E-state index in [1.165, 1.54) is 19.1 Å². The van der Waals surface area contributed by atoms with Crippen molar-refractivity contribution in [1.82, 2.24) is 4.57 Å². The highest BCUT2D eigenvalue weighted by molar-refractivity contribution is 6.02. The van der Waals surface area contributed by atoms with Crippen LogP contribution in [-0.2, 0) is 11.3 Å². The van der Waals surface area contributed by atoms with E-state index in [4.69, 9.17) is 5.73 Å². The van der Waals surface area contributed by atoms with E-state index >= 15 is 0 Å². The third-order valence-electron chi connectivity index (χ3n) is 3.28. The van der Waals surface area contributed by atoms with Gasteiger partial charge in [0.2, 0.25) is 5.91 Å². The van der Waals surface area contributed by atoms with Crippen molar-refractivity contribution >= 4 is 23.2 Å². The molecule has 2 amide bonds. The molecule has 124 valence electrons. The first kappa shape index (κ1) is 16.9. The lowest BCUT2D eigenvalue weighted by molar-refractivity contribution is -0.385. The molecule has 0 aliphatic heterocycles. The quantitative estimate of drug-likeness (QED) is 0.617. The second-order valence-corrected chi connectivity index (χ2v) is 5.02. The molecule has 1 aromatic carbocycles. The third kappa shape index (κ3) is 3.64. The summed E-state index contributed by atoms with van der Waals surface area (Å²) in [6, 6.07) is 7.20. The SMILES string of the molecule is Cc1cc(=O)n(CC(=O)Nc2ccccc2C(N)=O)cc1[N+](=O)[O-]. The molecular formula is C15H14N4O5. The Kier molecular flexibility index (Phi) is 4.73. The van der Waals surface area contributed by atoms with E-state index in [1.54, 1.807) is 12.1 Å². The van der Waals surface area contributed by atoms with E-state index in [2.05, 4.69) is 5.32 Å². The predicted octanol–water partition coefficient (Wildman–Crippen LogP) is 0.803. The smallest absolute Gasteiger partial charge is 0.288 e. The molecule has 0 spiro atoms. The van der Waals surface area contributed by atoms with Crippen LogP contribution in [0.2, 0.25) is 0 Å². The zero-order valence-electron chi connectivity index (χ0n) is 12.7. The molecule has 0 atom stereocenters. The van der Waals surface area contributed by atoms with Gasteiger partial charge in [-0.1, -0.05) is 12.1 Å². The molecule has 0 fully saturated rings. The number of carbonyl (C=O) groups excluding carboxylic acids is 2. The molecule has 1 heterocycles. The number of carbonyl (C=O) groups is 2. The summed E-state index contributed by atoms with van der Waals surface area (Å²) >= 11 is 0. The Hall–Kier alpha value is -3.49. The number of aryl methyl sites for hydroxylation is 1. The molecule has 0 saturated carbocycles. The normalized spacial score (nSPS) is 10.2. The lowest BCUT2D eigenvalue weighted by atomic mass is 10.1. The monoisotopic (exact) mass is 330 g/mol. The molecule has 24 heavy (non-hydrogen) atoms. The molecule has 0 unspecified atom stereocenters. The lowest BCUT2D eigenvalue weighted by Gasteiger charge is -2.10. The second kappa shape index (κ2) is 6.73. The molecule has 0 aliphatic rings. The van der Waals surface area contributed by atoms with Crippen molar-refractivity contribution in [3.63, 3.8) is 0 Å². The first-order valence-electron chi connectivity index (χ1n) is 6.83. The van der Waals surface area contributed by atoms with E-state index in [0.29, 0.717) is 0 Å². The van der Waals surface area contributed by atoms with Crippen LogP contribution in [0.5, 0.6) is 0 Å². The summed E-state index contributed by atoms with van der Waals surface area (Å²) in [6.07, 6.45) is 1.01. The van der Waals surface area contributed by atoms with Gasteiger partial charge in [0.25, 0.3) is 17.2 Å². The number of nitrogens with two attached hydrogens (primary N) is 1. The Morgan fingerprint density at radius 2 is 2.00 bits per heavy atom. The van der Waals surface area contributed by atoms with Gasteiger partial charge in [-0.15, -0.1) is 0 Å². The Morgan fingerprint density at radius 3 is 2.62 bits per heavy atom. The predicted molar refractivity (Wildman–Crippen MR) is 85.7 cm³/mol. The Balaban J connectivity index is 2.25. The standard InChI is InChI=1S/C15H14N4O5/c1-9-6-14(21)18(7-12(9)19(23)24)8-13(20)17-11-5-3-2-4-10(11)15(16)22/h2-7H,8H2,1H3,(H2,16,22)(H,17,20). The topological polar surface area (TPSA) is 137 Å². The highest BCUT2D eigenvalue weighted by atomic mass is 16.6. The van der Waals surface area contributed by atoms with Crippen LogP contribution in [0.4, 0.5) is 11.4 Å². The first-order valence-corrected chi connectivity index (χ1v) is 6.83. The fraction of sp³-hybridized carbons (Fsp3) is 0.133. The number of primary amides is 1. The maximum Gasteiger partial charge on any atom is 0.288 e. The maximum atomic E-state index is 12.1. The van der Waals surface area contributed by atoms with Crippen LogP contribution in [0.15, 0.2) is 41.3 Å². The number of nitrogens with zero attached hydrogens (tertiary/aromatic N) is 2. The van der Waals surface area contributed by atoms with E-state index < -0.39 is 28.8 Å². The highest BCUT2D eigenvalue weighted by Crippen LogP contribution is 2.16. The van der Waals surface area contributed by atoms with Crippen molar-refractivity contribution in [2.45, 2.75) is 13.5 Å². The van der Waals surface area contributed by atoms with Gasteiger partial charge >= 0.3 is 0 Å². The third-order valence-corrected chi connectivity index (χ3v) is 3.28. The minimum Gasteiger partial charge on any atom is -0.366 e. The van der Waals surface area contributed by atoms with Crippen molar-refractivity contribution in [1.29, 1.82) is 0 Å². The Morgan fingerprint density at radius 1 is 1.33 bits per heavy atom. The number of benzene rings is 1. The summed E-state index contributed by atoms with van der Waals surface area (Å²) in [5, 5.41) is 13.4. The maximum absolute atomic E-state index is 12.1. The number of para-hydroxylation sites is 1. The first-order chi connectivity index (χ1) is 11.3. The van der Waals surface area contributed by atoms with E-state index in [0.717, 1.165) is 16.8 Å². The van der Waals surface area contributed by atoms with Crippen LogP contribution in [-0.4, -0.2) is 21.3 Å². The van der Waals surface area contributed by atoms with Crippen molar-refractivity contribution in [3.8, 4) is 0 Å². The number of amides is 2. The molecule has 0 aliphatic carbocycles. The van der Waals surface area contributed by atoms with Gasteiger partial charge in [-0.2, -0.15) is 0 Å². The molecule has 9 nitrogen and oxygen atoms in total. The van der Waals surface area contributed by atoms with Crippen LogP contribution in [0.25, 0.3) is 0 Å². The average Bonchev–Trinajstić information content (AvgIpc) is 2.49. The van der Waals surface area contributed by atoms with Crippen molar-refractivity contribution in [3.05, 3.63) is 68.1 Å². The van der Waals surface area contributed by atoms with Crippen LogP contribution in [0, 0.1) is 17.0 Å². The van der Waals surface area contributed by atoms with Gasteiger partial charge in [0.1, 0.15) is 6.54 Å². The minimum absolute atomic E-state index is 0.119. The van der Waals surface area contributed by atoms with E-state index in [-0.39, 0.29) is 22.5 Å². The fourth-order valence-electron chi connectivity index (χ4n) is 2.12. The van der Waals surface area contributed by atoms with Gasteiger partial charge in [-0.05, 0) is 19.1 Å². The van der Waals surface area contributed by atoms with Gasteiger partial charge in [0.05, 0.1) is 22.4 Å². The zero-order chi connectivity index (χ0) is 17.9. The van der Waals surface area contributed by atoms with Gasteiger partial charge in [-0.25, -0.2) is 0 Å².